The Morgan fingerprint density at radius 2 is 1.94 bits per heavy atom. The Hall–Kier alpha value is -3.31. The van der Waals surface area contributed by atoms with Crippen molar-refractivity contribution in [3.8, 4) is 5.69 Å². The number of halogens is 4. The fourth-order valence-corrected chi connectivity index (χ4v) is 3.69. The largest absolute Gasteiger partial charge is 0.323 e. The molecule has 0 fully saturated rings. The van der Waals surface area contributed by atoms with Gasteiger partial charge in [-0.3, -0.25) is 19.3 Å². The predicted octanol–water partition coefficient (Wildman–Crippen LogP) is 3.91. The molecule has 2 N–H and O–H groups in total. The second-order valence-electron chi connectivity index (χ2n) is 6.23. The number of rotatable bonds is 5. The number of amides is 1. The number of anilines is 1. The third-order valence-electron chi connectivity index (χ3n) is 4.15. The van der Waals surface area contributed by atoms with Gasteiger partial charge in [-0.1, -0.05) is 23.4 Å². The number of aromatic amines is 1. The zero-order chi connectivity index (χ0) is 22.1. The Morgan fingerprint density at radius 3 is 2.68 bits per heavy atom. The SMILES string of the molecule is O=C(CSc1nc2[nH]ncc2c(=O)n1-c1ccc(F)c(F)c1)Nc1ccc(Cl)cc1F. The molecule has 0 atom stereocenters. The predicted molar refractivity (Wildman–Crippen MR) is 110 cm³/mol. The summed E-state index contributed by atoms with van der Waals surface area (Å²) in [6.07, 6.45) is 1.26. The molecule has 1 amide bonds. The van der Waals surface area contributed by atoms with Gasteiger partial charge in [0, 0.05) is 11.1 Å². The van der Waals surface area contributed by atoms with Crippen LogP contribution < -0.4 is 10.9 Å². The summed E-state index contributed by atoms with van der Waals surface area (Å²) in [4.78, 5) is 29.4. The molecule has 2 heterocycles. The summed E-state index contributed by atoms with van der Waals surface area (Å²) in [6.45, 7) is 0. The van der Waals surface area contributed by atoms with Gasteiger partial charge < -0.3 is 5.32 Å². The zero-order valence-electron chi connectivity index (χ0n) is 15.3. The second-order valence-corrected chi connectivity index (χ2v) is 7.61. The van der Waals surface area contributed by atoms with Crippen LogP contribution in [0.15, 0.2) is 52.5 Å². The first-order chi connectivity index (χ1) is 14.8. The van der Waals surface area contributed by atoms with Crippen LogP contribution in [0.2, 0.25) is 5.02 Å². The molecule has 0 saturated heterocycles. The van der Waals surface area contributed by atoms with E-state index in [9.17, 15) is 22.8 Å². The average Bonchev–Trinajstić information content (AvgIpc) is 3.20. The lowest BCUT2D eigenvalue weighted by Crippen LogP contribution is -2.23. The lowest BCUT2D eigenvalue weighted by molar-refractivity contribution is -0.113. The normalized spacial score (nSPS) is 11.1. The van der Waals surface area contributed by atoms with E-state index in [1.165, 1.54) is 24.4 Å². The molecule has 0 saturated carbocycles. The third-order valence-corrected chi connectivity index (χ3v) is 5.32. The second kappa shape index (κ2) is 8.44. The number of thioether (sulfide) groups is 1. The van der Waals surface area contributed by atoms with E-state index in [0.717, 1.165) is 34.5 Å². The van der Waals surface area contributed by atoms with Crippen LogP contribution in [0.4, 0.5) is 18.9 Å². The van der Waals surface area contributed by atoms with E-state index < -0.39 is 28.9 Å². The van der Waals surface area contributed by atoms with Crippen molar-refractivity contribution < 1.29 is 18.0 Å². The number of benzene rings is 2. The first kappa shape index (κ1) is 20.9. The quantitative estimate of drug-likeness (QED) is 0.344. The van der Waals surface area contributed by atoms with E-state index in [-0.39, 0.29) is 38.3 Å². The number of carbonyl (C=O) groups is 1. The third kappa shape index (κ3) is 4.28. The summed E-state index contributed by atoms with van der Waals surface area (Å²) >= 11 is 6.54. The standard InChI is InChI=1S/C19H11ClF3N5O2S/c20-9-1-4-15(14(23)5-9)25-16(29)8-31-19-26-17-11(7-24-27-17)18(30)28(19)10-2-3-12(21)13(22)6-10/h1-7H,8H2,(H,24,27)(H,25,29). The topological polar surface area (TPSA) is 92.7 Å². The van der Waals surface area contributed by atoms with Crippen molar-refractivity contribution in [1.29, 1.82) is 0 Å². The minimum Gasteiger partial charge on any atom is -0.323 e. The summed E-state index contributed by atoms with van der Waals surface area (Å²) in [5.41, 5.74) is -0.469. The number of H-pyrrole nitrogens is 1. The van der Waals surface area contributed by atoms with Gasteiger partial charge in [-0.2, -0.15) is 5.10 Å². The Morgan fingerprint density at radius 1 is 1.13 bits per heavy atom. The lowest BCUT2D eigenvalue weighted by atomic mass is 10.3. The molecule has 0 spiro atoms. The van der Waals surface area contributed by atoms with Crippen LogP contribution in [0.1, 0.15) is 0 Å². The zero-order valence-corrected chi connectivity index (χ0v) is 16.9. The van der Waals surface area contributed by atoms with E-state index in [1.54, 1.807) is 0 Å². The molecule has 0 aliphatic carbocycles. The fraction of sp³-hybridized carbons (Fsp3) is 0.0526. The summed E-state index contributed by atoms with van der Waals surface area (Å²) in [6, 6.07) is 6.71. The van der Waals surface area contributed by atoms with Crippen molar-refractivity contribution >= 4 is 46.0 Å². The molecule has 0 bridgehead atoms. The summed E-state index contributed by atoms with van der Waals surface area (Å²) in [5.74, 6) is -3.77. The Bertz CT molecular complexity index is 1370. The highest BCUT2D eigenvalue weighted by atomic mass is 35.5. The van der Waals surface area contributed by atoms with E-state index >= 15 is 0 Å². The Balaban J connectivity index is 1.65. The number of nitrogens with one attached hydrogen (secondary N) is 2. The first-order valence-electron chi connectivity index (χ1n) is 8.63. The molecule has 158 valence electrons. The van der Waals surface area contributed by atoms with Gasteiger partial charge in [-0.05, 0) is 30.3 Å². The Labute approximate surface area is 181 Å². The van der Waals surface area contributed by atoms with Crippen molar-refractivity contribution in [1.82, 2.24) is 19.7 Å². The molecule has 2 aromatic heterocycles. The van der Waals surface area contributed by atoms with Gasteiger partial charge in [0.15, 0.2) is 22.4 Å². The molecule has 4 aromatic rings. The van der Waals surface area contributed by atoms with Crippen LogP contribution in [-0.4, -0.2) is 31.4 Å². The van der Waals surface area contributed by atoms with Crippen molar-refractivity contribution in [2.75, 3.05) is 11.1 Å². The number of hydrogen-bond donors (Lipinski definition) is 2. The van der Waals surface area contributed by atoms with Gasteiger partial charge in [0.05, 0.1) is 23.3 Å². The van der Waals surface area contributed by atoms with Gasteiger partial charge >= 0.3 is 0 Å². The van der Waals surface area contributed by atoms with Gasteiger partial charge in [-0.15, -0.1) is 0 Å². The monoisotopic (exact) mass is 465 g/mol. The molecule has 0 unspecified atom stereocenters. The van der Waals surface area contributed by atoms with E-state index in [0.29, 0.717) is 0 Å². The highest BCUT2D eigenvalue weighted by Crippen LogP contribution is 2.23. The maximum atomic E-state index is 13.9. The highest BCUT2D eigenvalue weighted by molar-refractivity contribution is 7.99. The first-order valence-corrected chi connectivity index (χ1v) is 9.99. The number of aromatic nitrogens is 4. The van der Waals surface area contributed by atoms with E-state index in [2.05, 4.69) is 20.5 Å². The summed E-state index contributed by atoms with van der Waals surface area (Å²) < 4.78 is 42.0. The van der Waals surface area contributed by atoms with Crippen LogP contribution in [0, 0.1) is 17.5 Å². The smallest absolute Gasteiger partial charge is 0.269 e. The maximum Gasteiger partial charge on any atom is 0.269 e. The number of nitrogens with zero attached hydrogens (tertiary/aromatic N) is 3. The van der Waals surface area contributed by atoms with Gasteiger partial charge in [0.2, 0.25) is 5.91 Å². The molecule has 0 aliphatic rings. The molecule has 31 heavy (non-hydrogen) atoms. The van der Waals surface area contributed by atoms with Crippen molar-refractivity contribution in [3.63, 3.8) is 0 Å². The molecule has 0 aliphatic heterocycles. The molecular formula is C19H11ClF3N5O2S. The van der Waals surface area contributed by atoms with Crippen molar-refractivity contribution in [2.24, 2.45) is 0 Å². The van der Waals surface area contributed by atoms with Crippen LogP contribution in [0.3, 0.4) is 0 Å². The van der Waals surface area contributed by atoms with Crippen molar-refractivity contribution in [2.45, 2.75) is 5.16 Å². The lowest BCUT2D eigenvalue weighted by Gasteiger charge is -2.12. The fourth-order valence-electron chi connectivity index (χ4n) is 2.73. The maximum absolute atomic E-state index is 13.9. The van der Waals surface area contributed by atoms with E-state index in [1.807, 2.05) is 0 Å². The number of hydrogen-bond acceptors (Lipinski definition) is 5. The van der Waals surface area contributed by atoms with Crippen LogP contribution in [0.5, 0.6) is 0 Å². The minimum absolute atomic E-state index is 0.0196. The molecule has 7 nitrogen and oxygen atoms in total. The Kier molecular flexibility index (Phi) is 5.70. The van der Waals surface area contributed by atoms with Crippen molar-refractivity contribution in [3.05, 3.63) is 75.4 Å². The molecule has 12 heteroatoms. The summed E-state index contributed by atoms with van der Waals surface area (Å²) in [7, 11) is 0. The van der Waals surface area contributed by atoms with Crippen LogP contribution in [-0.2, 0) is 4.79 Å². The van der Waals surface area contributed by atoms with Gasteiger partial charge in [0.25, 0.3) is 5.56 Å². The summed E-state index contributed by atoms with van der Waals surface area (Å²) in [5, 5.41) is 9.04. The number of carbonyl (C=O) groups excluding carboxylic acids is 1. The highest BCUT2D eigenvalue weighted by Gasteiger charge is 2.17. The molecule has 0 radical (unpaired) electrons. The van der Waals surface area contributed by atoms with Gasteiger partial charge in [-0.25, -0.2) is 18.2 Å². The number of fused-ring (bicyclic) bond motifs is 1. The van der Waals surface area contributed by atoms with Crippen LogP contribution >= 0.6 is 23.4 Å². The van der Waals surface area contributed by atoms with Gasteiger partial charge in [0.1, 0.15) is 11.2 Å². The van der Waals surface area contributed by atoms with Crippen LogP contribution in [0.25, 0.3) is 16.7 Å². The molecular weight excluding hydrogens is 455 g/mol. The van der Waals surface area contributed by atoms with E-state index in [4.69, 9.17) is 11.6 Å². The molecule has 2 aromatic carbocycles. The average molecular weight is 466 g/mol. The molecule has 4 rings (SSSR count). The minimum atomic E-state index is -1.15.